The van der Waals surface area contributed by atoms with E-state index < -0.39 is 0 Å². The maximum atomic E-state index is 4.49. The van der Waals surface area contributed by atoms with Crippen molar-refractivity contribution in [3.8, 4) is 20.9 Å². The van der Waals surface area contributed by atoms with E-state index in [2.05, 4.69) is 64.7 Å². The van der Waals surface area contributed by atoms with Gasteiger partial charge in [0.25, 0.3) is 0 Å². The van der Waals surface area contributed by atoms with Crippen LogP contribution >= 0.6 is 46.1 Å². The largest absolute Gasteiger partial charge is 0.173 e. The second-order valence-corrected chi connectivity index (χ2v) is 8.78. The van der Waals surface area contributed by atoms with Crippen LogP contribution in [-0.2, 0) is 0 Å². The average molecular weight is 437 g/mol. The van der Waals surface area contributed by atoms with Gasteiger partial charge in [-0.15, -0.1) is 22.7 Å². The lowest BCUT2D eigenvalue weighted by Crippen LogP contribution is -1.81. The Kier molecular flexibility index (Phi) is 4.92. The van der Waals surface area contributed by atoms with Gasteiger partial charge in [-0.2, -0.15) is 17.5 Å². The van der Waals surface area contributed by atoms with Gasteiger partial charge in [0, 0.05) is 20.9 Å². The molecule has 0 saturated carbocycles. The Hall–Kier alpha value is -2.52. The zero-order valence-corrected chi connectivity index (χ0v) is 17.6. The van der Waals surface area contributed by atoms with E-state index in [1.165, 1.54) is 44.3 Å². The first-order valence-electron chi connectivity index (χ1n) is 8.40. The Balaban J connectivity index is 0.000000158. The molecule has 0 aliphatic heterocycles. The minimum atomic E-state index is 0.988. The van der Waals surface area contributed by atoms with Crippen LogP contribution in [0.15, 0.2) is 71.4 Å². The third-order valence-electron chi connectivity index (χ3n) is 4.15. The van der Waals surface area contributed by atoms with Crippen LogP contribution in [0, 0.1) is 0 Å². The average Bonchev–Trinajstić information content (AvgIpc) is 3.55. The molecule has 0 N–H and O–H groups in total. The van der Waals surface area contributed by atoms with Crippen molar-refractivity contribution in [3.63, 3.8) is 0 Å². The van der Waals surface area contributed by atoms with E-state index in [0.717, 1.165) is 22.1 Å². The molecule has 0 amide bonds. The van der Waals surface area contributed by atoms with Gasteiger partial charge in [-0.3, -0.25) is 0 Å². The highest BCUT2D eigenvalue weighted by Gasteiger charge is 2.13. The predicted octanol–water partition coefficient (Wildman–Crippen LogP) is 6.84. The summed E-state index contributed by atoms with van der Waals surface area (Å²) in [5.74, 6) is 0. The smallest absolute Gasteiger partial charge is 0.114 e. The lowest BCUT2D eigenvalue weighted by atomic mass is 10.1. The second-order valence-electron chi connectivity index (χ2n) is 5.83. The van der Waals surface area contributed by atoms with Crippen molar-refractivity contribution >= 4 is 68.2 Å². The van der Waals surface area contributed by atoms with Crippen LogP contribution in [0.2, 0.25) is 0 Å². The molecule has 4 nitrogen and oxygen atoms in total. The molecule has 4 heterocycles. The summed E-state index contributed by atoms with van der Waals surface area (Å²) < 4.78 is 17.1. The maximum Gasteiger partial charge on any atom is 0.114 e. The van der Waals surface area contributed by atoms with Gasteiger partial charge in [-0.25, -0.2) is 0 Å². The summed E-state index contributed by atoms with van der Waals surface area (Å²) in [4.78, 5) is 2.49. The Morgan fingerprint density at radius 2 is 1.00 bits per heavy atom. The molecule has 2 aromatic carbocycles. The highest BCUT2D eigenvalue weighted by atomic mass is 32.1. The van der Waals surface area contributed by atoms with E-state index >= 15 is 0 Å². The van der Waals surface area contributed by atoms with E-state index in [4.69, 9.17) is 0 Å². The summed E-state index contributed by atoms with van der Waals surface area (Å²) >= 11 is 6.01. The fourth-order valence-corrected chi connectivity index (χ4v) is 5.46. The van der Waals surface area contributed by atoms with Crippen LogP contribution in [-0.4, -0.2) is 17.5 Å². The SMILES string of the molecule is c1ccc2nsnc2c1.c1csc(-c2ccc(-c3cccs3)c3nsnc23)c1. The van der Waals surface area contributed by atoms with E-state index in [-0.39, 0.29) is 0 Å². The molecule has 0 aliphatic carbocycles. The second kappa shape index (κ2) is 7.84. The summed E-state index contributed by atoms with van der Waals surface area (Å²) in [7, 11) is 0. The van der Waals surface area contributed by atoms with Crippen molar-refractivity contribution in [3.05, 3.63) is 71.4 Å². The Morgan fingerprint density at radius 1 is 0.500 bits per heavy atom. The van der Waals surface area contributed by atoms with Crippen LogP contribution in [0.5, 0.6) is 0 Å². The fourth-order valence-electron chi connectivity index (χ4n) is 2.85. The summed E-state index contributed by atoms with van der Waals surface area (Å²) in [6, 6.07) is 20.5. The molecule has 136 valence electrons. The third-order valence-corrected chi connectivity index (χ3v) is 7.04. The Bertz CT molecular complexity index is 1220. The van der Waals surface area contributed by atoms with Gasteiger partial charge in [-0.05, 0) is 35.0 Å². The number of hydrogen-bond donors (Lipinski definition) is 0. The molecule has 0 spiro atoms. The van der Waals surface area contributed by atoms with E-state index in [9.17, 15) is 0 Å². The summed E-state index contributed by atoms with van der Waals surface area (Å²) in [6.45, 7) is 0. The van der Waals surface area contributed by atoms with Crippen LogP contribution in [0.4, 0.5) is 0 Å². The van der Waals surface area contributed by atoms with Gasteiger partial charge in [0.2, 0.25) is 0 Å². The minimum absolute atomic E-state index is 0.988. The molecule has 0 aliphatic rings. The van der Waals surface area contributed by atoms with Crippen molar-refractivity contribution in [2.24, 2.45) is 0 Å². The van der Waals surface area contributed by atoms with Gasteiger partial charge in [0.15, 0.2) is 0 Å². The predicted molar refractivity (Wildman–Crippen MR) is 121 cm³/mol. The maximum absolute atomic E-state index is 4.49. The van der Waals surface area contributed by atoms with E-state index in [1.54, 1.807) is 22.7 Å². The number of rotatable bonds is 2. The van der Waals surface area contributed by atoms with Crippen LogP contribution in [0.25, 0.3) is 42.9 Å². The van der Waals surface area contributed by atoms with Crippen LogP contribution < -0.4 is 0 Å². The van der Waals surface area contributed by atoms with Gasteiger partial charge >= 0.3 is 0 Å². The van der Waals surface area contributed by atoms with E-state index in [0.29, 0.717) is 0 Å². The van der Waals surface area contributed by atoms with Crippen molar-refractivity contribution in [2.75, 3.05) is 0 Å². The number of nitrogens with zero attached hydrogens (tertiary/aromatic N) is 4. The normalized spacial score (nSPS) is 10.9. The molecule has 6 rings (SSSR count). The molecule has 0 atom stereocenters. The summed E-state index contributed by atoms with van der Waals surface area (Å²) in [5.41, 5.74) is 6.36. The molecular formula is C20H12N4S4. The Morgan fingerprint density at radius 3 is 1.46 bits per heavy atom. The highest BCUT2D eigenvalue weighted by Crippen LogP contribution is 2.37. The van der Waals surface area contributed by atoms with Crippen molar-refractivity contribution in [1.82, 2.24) is 17.5 Å². The topological polar surface area (TPSA) is 51.6 Å². The van der Waals surface area contributed by atoms with Crippen LogP contribution in [0.3, 0.4) is 0 Å². The summed E-state index contributed by atoms with van der Waals surface area (Å²) in [6.07, 6.45) is 0. The molecule has 0 saturated heterocycles. The summed E-state index contributed by atoms with van der Waals surface area (Å²) in [5, 5.41) is 4.18. The molecule has 4 aromatic heterocycles. The minimum Gasteiger partial charge on any atom is -0.173 e. The van der Waals surface area contributed by atoms with Crippen molar-refractivity contribution in [1.29, 1.82) is 0 Å². The quantitative estimate of drug-likeness (QED) is 0.298. The molecule has 6 aromatic rings. The lowest BCUT2D eigenvalue weighted by Gasteiger charge is -2.03. The zero-order chi connectivity index (χ0) is 18.8. The first kappa shape index (κ1) is 17.6. The number of aromatic nitrogens is 4. The van der Waals surface area contributed by atoms with Crippen molar-refractivity contribution < 1.29 is 0 Å². The number of fused-ring (bicyclic) bond motifs is 2. The lowest BCUT2D eigenvalue weighted by molar-refractivity contribution is 1.63. The van der Waals surface area contributed by atoms with Gasteiger partial charge in [-0.1, -0.05) is 36.4 Å². The zero-order valence-electron chi connectivity index (χ0n) is 14.4. The third kappa shape index (κ3) is 3.35. The molecule has 8 heteroatoms. The van der Waals surface area contributed by atoms with Gasteiger partial charge in [0.1, 0.15) is 22.1 Å². The first-order chi connectivity index (χ1) is 13.9. The number of benzene rings is 2. The molecule has 0 unspecified atom stereocenters. The standard InChI is InChI=1S/C14H8N2S3.C6H4N2S/c1-3-11(17-7-1)9-5-6-10(12-4-2-8-18-12)14-13(9)15-19-16-14;1-2-4-6-5(3-1)7-9-8-6/h1-8H;1-4H. The Labute approximate surface area is 177 Å². The molecule has 28 heavy (non-hydrogen) atoms. The molecule has 0 bridgehead atoms. The number of thiophene rings is 2. The monoisotopic (exact) mass is 436 g/mol. The molecule has 0 radical (unpaired) electrons. The van der Waals surface area contributed by atoms with Crippen LogP contribution in [0.1, 0.15) is 0 Å². The number of hydrogen-bond acceptors (Lipinski definition) is 8. The van der Waals surface area contributed by atoms with Gasteiger partial charge < -0.3 is 0 Å². The highest BCUT2D eigenvalue weighted by molar-refractivity contribution is 7.14. The van der Waals surface area contributed by atoms with E-state index in [1.807, 2.05) is 24.3 Å². The molecule has 0 fully saturated rings. The fraction of sp³-hybridized carbons (Fsp3) is 0. The first-order valence-corrected chi connectivity index (χ1v) is 11.6. The van der Waals surface area contributed by atoms with Crippen molar-refractivity contribution in [2.45, 2.75) is 0 Å². The molecular weight excluding hydrogens is 425 g/mol. The van der Waals surface area contributed by atoms with Gasteiger partial charge in [0.05, 0.1) is 23.5 Å².